The van der Waals surface area contributed by atoms with Gasteiger partial charge in [-0.2, -0.15) is 0 Å². The molecule has 1 aromatic rings. The summed E-state index contributed by atoms with van der Waals surface area (Å²) < 4.78 is 35.9. The normalized spacial score (nSPS) is 10.4. The first-order valence-electron chi connectivity index (χ1n) is 3.49. The van der Waals surface area contributed by atoms with Crippen LogP contribution in [0.4, 0.5) is 0 Å². The highest BCUT2D eigenvalue weighted by molar-refractivity contribution is 5.02. The van der Waals surface area contributed by atoms with Gasteiger partial charge in [-0.3, -0.25) is 0 Å². The van der Waals surface area contributed by atoms with E-state index in [4.69, 9.17) is 23.7 Å². The Morgan fingerprint density at radius 1 is 1.36 bits per heavy atom. The van der Waals surface area contributed by atoms with Crippen LogP contribution in [-0.4, -0.2) is 5.11 Å². The molecule has 6 nitrogen and oxygen atoms in total. The maximum atomic E-state index is 8.65. The number of hydrogen-bond acceptors (Lipinski definition) is 5. The fourth-order valence-electron chi connectivity index (χ4n) is 0.744. The van der Waals surface area contributed by atoms with E-state index in [2.05, 4.69) is 0 Å². The molecule has 1 rings (SSSR count). The molecule has 0 atom stereocenters. The van der Waals surface area contributed by atoms with E-state index in [9.17, 15) is 0 Å². The van der Waals surface area contributed by atoms with Gasteiger partial charge in [0.25, 0.3) is 0 Å². The highest BCUT2D eigenvalue weighted by Gasteiger charge is 1.92. The molecule has 0 aliphatic rings. The molecule has 0 fully saturated rings. The third kappa shape index (κ3) is 9.33. The van der Waals surface area contributed by atoms with Crippen LogP contribution in [-0.2, 0) is 13.7 Å². The minimum atomic E-state index is -4.94. The summed E-state index contributed by atoms with van der Waals surface area (Å²) in [5.74, 6) is 0. The molecule has 7 heteroatoms. The predicted molar refractivity (Wildman–Crippen MR) is 33.5 cm³/mol. The summed E-state index contributed by atoms with van der Waals surface area (Å²) in [6.07, 6.45) is 3.82. The highest BCUT2D eigenvalue weighted by Crippen LogP contribution is 1.90. The molecule has 0 amide bonds. The number of pyridine rings is 1. The van der Waals surface area contributed by atoms with E-state index in [0.717, 1.165) is 5.56 Å². The van der Waals surface area contributed by atoms with E-state index in [1.54, 1.807) is 0 Å². The second-order valence-electron chi connectivity index (χ2n) is 2.41. The first kappa shape index (κ1) is 13.2. The van der Waals surface area contributed by atoms with Gasteiger partial charge in [0.1, 0.15) is 7.05 Å². The van der Waals surface area contributed by atoms with E-state index in [0.29, 0.717) is 0 Å². The molecule has 0 saturated heterocycles. The maximum Gasteiger partial charge on any atom is 0.174 e. The van der Waals surface area contributed by atoms with Gasteiger partial charge in [0.2, 0.25) is 0 Å². The van der Waals surface area contributed by atoms with Crippen LogP contribution in [0.1, 0.15) is 5.56 Å². The SMILES string of the molecule is C[n+]1cccc(CO)c1.[O-][Cl+3]([O-])([O-])[O-]. The van der Waals surface area contributed by atoms with Crippen LogP contribution < -0.4 is 23.2 Å². The monoisotopic (exact) mass is 223 g/mol. The Bertz CT molecular complexity index is 269. The molecule has 1 aromatic heterocycles. The van der Waals surface area contributed by atoms with Gasteiger partial charge in [0.15, 0.2) is 12.4 Å². The van der Waals surface area contributed by atoms with E-state index < -0.39 is 10.2 Å². The van der Waals surface area contributed by atoms with Crippen molar-refractivity contribution in [2.75, 3.05) is 0 Å². The van der Waals surface area contributed by atoms with Crippen LogP contribution in [0.25, 0.3) is 0 Å². The van der Waals surface area contributed by atoms with Gasteiger partial charge < -0.3 is 5.11 Å². The van der Waals surface area contributed by atoms with Crippen molar-refractivity contribution in [1.82, 2.24) is 0 Å². The Hall–Kier alpha value is -0.760. The summed E-state index contributed by atoms with van der Waals surface area (Å²) in [7, 11) is -3.01. The van der Waals surface area contributed by atoms with Crippen LogP contribution in [0.2, 0.25) is 0 Å². The summed E-state index contributed by atoms with van der Waals surface area (Å²) in [6.45, 7) is 0.120. The quantitative estimate of drug-likeness (QED) is 0.480. The zero-order valence-electron chi connectivity index (χ0n) is 7.42. The maximum absolute atomic E-state index is 8.65. The fraction of sp³-hybridized carbons (Fsp3) is 0.286. The highest BCUT2D eigenvalue weighted by atomic mass is 35.7. The smallest absolute Gasteiger partial charge is 0.174 e. The second kappa shape index (κ2) is 5.86. The molecular formula is C7H10ClNO5. The molecule has 0 aliphatic carbocycles. The summed E-state index contributed by atoms with van der Waals surface area (Å²) >= 11 is 0. The van der Waals surface area contributed by atoms with Gasteiger partial charge in [-0.15, -0.1) is 10.2 Å². The van der Waals surface area contributed by atoms with Crippen molar-refractivity contribution in [3.63, 3.8) is 0 Å². The molecule has 14 heavy (non-hydrogen) atoms. The molecule has 0 aliphatic heterocycles. The Labute approximate surface area is 83.0 Å². The Morgan fingerprint density at radius 3 is 2.14 bits per heavy atom. The minimum Gasteiger partial charge on any atom is -0.391 e. The number of nitrogens with zero attached hydrogens (tertiary/aromatic N) is 1. The van der Waals surface area contributed by atoms with Crippen LogP contribution >= 0.6 is 0 Å². The molecule has 0 saturated carbocycles. The molecule has 1 N–H and O–H groups in total. The van der Waals surface area contributed by atoms with E-state index in [1.165, 1.54) is 0 Å². The molecule has 0 spiro atoms. The number of rotatable bonds is 1. The van der Waals surface area contributed by atoms with E-state index in [1.807, 2.05) is 36.1 Å². The third-order valence-electron chi connectivity index (χ3n) is 1.18. The lowest BCUT2D eigenvalue weighted by Crippen LogP contribution is -2.68. The van der Waals surface area contributed by atoms with Crippen molar-refractivity contribution in [3.8, 4) is 0 Å². The number of aromatic nitrogens is 1. The number of halogens is 1. The molecule has 0 aromatic carbocycles. The van der Waals surface area contributed by atoms with Crippen molar-refractivity contribution in [2.45, 2.75) is 6.61 Å². The fourth-order valence-corrected chi connectivity index (χ4v) is 0.744. The summed E-state index contributed by atoms with van der Waals surface area (Å²) in [4.78, 5) is 0. The van der Waals surface area contributed by atoms with E-state index in [-0.39, 0.29) is 6.61 Å². The number of aliphatic hydroxyl groups is 1. The lowest BCUT2D eigenvalue weighted by atomic mass is 10.3. The molecule has 1 heterocycles. The van der Waals surface area contributed by atoms with Gasteiger partial charge in [0, 0.05) is 11.6 Å². The Kier molecular flexibility index (Phi) is 5.55. The molecule has 0 unspecified atom stereocenters. The average molecular weight is 224 g/mol. The van der Waals surface area contributed by atoms with Crippen molar-refractivity contribution >= 4 is 0 Å². The standard InChI is InChI=1S/C7H10NO.ClHO4/c1-8-4-2-3-7(5-8)6-9;2-1(3,4)5/h2-5,9H,6H2,1H3;(H,2,3,4,5)/q+1;/p-1. The van der Waals surface area contributed by atoms with Crippen molar-refractivity contribution < 1.29 is 38.6 Å². The van der Waals surface area contributed by atoms with Crippen molar-refractivity contribution in [3.05, 3.63) is 30.1 Å². The van der Waals surface area contributed by atoms with Crippen LogP contribution in [0.15, 0.2) is 24.5 Å². The number of aryl methyl sites for hydroxylation is 1. The van der Waals surface area contributed by atoms with Crippen LogP contribution in [0.3, 0.4) is 0 Å². The second-order valence-corrected chi connectivity index (χ2v) is 3.17. The summed E-state index contributed by atoms with van der Waals surface area (Å²) in [6, 6.07) is 3.80. The third-order valence-corrected chi connectivity index (χ3v) is 1.18. The Balaban J connectivity index is 0.000000292. The number of aliphatic hydroxyl groups excluding tert-OH is 1. The van der Waals surface area contributed by atoms with Gasteiger partial charge in [0.05, 0.1) is 6.61 Å². The lowest BCUT2D eigenvalue weighted by Gasteiger charge is -2.17. The van der Waals surface area contributed by atoms with Gasteiger partial charge in [-0.1, -0.05) is 0 Å². The topological polar surface area (TPSA) is 116 Å². The minimum absolute atomic E-state index is 0.120. The Morgan fingerprint density at radius 2 is 1.86 bits per heavy atom. The van der Waals surface area contributed by atoms with Gasteiger partial charge in [-0.05, 0) is 6.07 Å². The molecular weight excluding hydrogens is 214 g/mol. The molecule has 0 bridgehead atoms. The lowest BCUT2D eigenvalue weighted by molar-refractivity contribution is -2.00. The van der Waals surface area contributed by atoms with Gasteiger partial charge in [-0.25, -0.2) is 23.2 Å². The molecule has 0 radical (unpaired) electrons. The number of hydrogen-bond donors (Lipinski definition) is 1. The molecule has 80 valence electrons. The first-order valence-corrected chi connectivity index (χ1v) is 4.73. The summed E-state index contributed by atoms with van der Waals surface area (Å²) in [5.41, 5.74) is 0.944. The van der Waals surface area contributed by atoms with Gasteiger partial charge >= 0.3 is 0 Å². The summed E-state index contributed by atoms with van der Waals surface area (Å²) in [5, 5.41) is 8.65. The van der Waals surface area contributed by atoms with Crippen molar-refractivity contribution in [2.24, 2.45) is 7.05 Å². The zero-order chi connectivity index (χ0) is 11.2. The largest absolute Gasteiger partial charge is 0.391 e. The van der Waals surface area contributed by atoms with E-state index >= 15 is 0 Å². The zero-order valence-corrected chi connectivity index (χ0v) is 8.18. The van der Waals surface area contributed by atoms with Crippen molar-refractivity contribution in [1.29, 1.82) is 0 Å². The van der Waals surface area contributed by atoms with Crippen LogP contribution in [0, 0.1) is 10.2 Å². The first-order chi connectivity index (χ1) is 6.33. The average Bonchev–Trinajstić information content (AvgIpc) is 2.01. The van der Waals surface area contributed by atoms with Crippen LogP contribution in [0.5, 0.6) is 0 Å². The predicted octanol–water partition coefficient (Wildman–Crippen LogP) is -4.75.